The molecule has 0 aromatic heterocycles. The molecule has 0 saturated heterocycles. The van der Waals surface area contributed by atoms with Gasteiger partial charge >= 0.3 is 0 Å². The van der Waals surface area contributed by atoms with Crippen LogP contribution in [0.15, 0.2) is 48.5 Å². The third kappa shape index (κ3) is 9.05. The van der Waals surface area contributed by atoms with Gasteiger partial charge in [-0.1, -0.05) is 160 Å². The molecule has 2 aromatic carbocycles. The second-order valence-electron chi connectivity index (χ2n) is 12.0. The van der Waals surface area contributed by atoms with Crippen LogP contribution < -0.4 is 0 Å². The van der Waals surface area contributed by atoms with Gasteiger partial charge in [-0.15, -0.1) is 0 Å². The van der Waals surface area contributed by atoms with E-state index in [-0.39, 0.29) is 5.41 Å². The van der Waals surface area contributed by atoms with Crippen molar-refractivity contribution in [1.82, 2.24) is 0 Å². The molecule has 1 nitrogen and oxygen atoms in total. The van der Waals surface area contributed by atoms with Gasteiger partial charge in [0.1, 0.15) is 5.60 Å². The summed E-state index contributed by atoms with van der Waals surface area (Å²) in [4.78, 5) is 0. The molecular formula is C35H56O. The number of aliphatic hydroxyl groups is 1. The number of hydrogen-bond donors (Lipinski definition) is 1. The van der Waals surface area contributed by atoms with E-state index in [1.54, 1.807) is 0 Å². The maximum atomic E-state index is 12.7. The second kappa shape index (κ2) is 16.3. The maximum absolute atomic E-state index is 12.7. The maximum Gasteiger partial charge on any atom is 0.120 e. The molecule has 0 heterocycles. The summed E-state index contributed by atoms with van der Waals surface area (Å²) in [6, 6.07) is 17.4. The highest BCUT2D eigenvalue weighted by molar-refractivity contribution is 5.46. The number of benzene rings is 2. The van der Waals surface area contributed by atoms with Crippen LogP contribution >= 0.6 is 0 Å². The Labute approximate surface area is 224 Å². The Hall–Kier alpha value is -1.60. The highest BCUT2D eigenvalue weighted by atomic mass is 16.3. The molecule has 0 aliphatic rings. The highest BCUT2D eigenvalue weighted by Crippen LogP contribution is 2.47. The Kier molecular flexibility index (Phi) is 13.9. The van der Waals surface area contributed by atoms with Crippen LogP contribution in [0, 0.1) is 5.41 Å². The molecule has 2 rings (SSSR count). The van der Waals surface area contributed by atoms with E-state index in [1.165, 1.54) is 101 Å². The van der Waals surface area contributed by atoms with Crippen LogP contribution in [0.25, 0.3) is 0 Å². The van der Waals surface area contributed by atoms with Crippen LogP contribution in [0.4, 0.5) is 0 Å². The standard InChI is InChI=1S/C35H56O/c1-6-8-10-12-14-16-18-24-30-26-20-22-28-32(30)35(36,34(3,4)5)33-29-23-21-27-31(33)25-19-17-15-13-11-9-7-2/h20-23,26-29,36H,6-19,24-25H2,1-5H3. The van der Waals surface area contributed by atoms with Gasteiger partial charge in [-0.3, -0.25) is 0 Å². The molecule has 1 N–H and O–H groups in total. The number of hydrogen-bond acceptors (Lipinski definition) is 1. The third-order valence-electron chi connectivity index (χ3n) is 8.00. The first kappa shape index (κ1) is 30.6. The Morgan fingerprint density at radius 1 is 0.500 bits per heavy atom. The summed E-state index contributed by atoms with van der Waals surface area (Å²) in [6.07, 6.45) is 20.5. The lowest BCUT2D eigenvalue weighted by Gasteiger charge is -2.43. The zero-order valence-corrected chi connectivity index (χ0v) is 24.4. The van der Waals surface area contributed by atoms with Crippen LogP contribution in [0.5, 0.6) is 0 Å². The van der Waals surface area contributed by atoms with Gasteiger partial charge in [-0.25, -0.2) is 0 Å². The van der Waals surface area contributed by atoms with Gasteiger partial charge in [0.2, 0.25) is 0 Å². The summed E-state index contributed by atoms with van der Waals surface area (Å²) >= 11 is 0. The number of rotatable bonds is 18. The van der Waals surface area contributed by atoms with Crippen LogP contribution in [-0.2, 0) is 18.4 Å². The van der Waals surface area contributed by atoms with E-state index in [0.29, 0.717) is 0 Å². The molecule has 1 heteroatoms. The van der Waals surface area contributed by atoms with Crippen molar-refractivity contribution < 1.29 is 5.11 Å². The van der Waals surface area contributed by atoms with Gasteiger partial charge in [0.15, 0.2) is 0 Å². The minimum Gasteiger partial charge on any atom is -0.380 e. The highest BCUT2D eigenvalue weighted by Gasteiger charge is 2.45. The van der Waals surface area contributed by atoms with Crippen LogP contribution in [0.2, 0.25) is 0 Å². The molecule has 36 heavy (non-hydrogen) atoms. The molecule has 0 fully saturated rings. The van der Waals surface area contributed by atoms with Gasteiger partial charge < -0.3 is 5.11 Å². The molecule has 0 spiro atoms. The van der Waals surface area contributed by atoms with Crippen molar-refractivity contribution in [3.05, 3.63) is 70.8 Å². The fraction of sp³-hybridized carbons (Fsp3) is 0.657. The second-order valence-corrected chi connectivity index (χ2v) is 12.0. The molecule has 0 aliphatic carbocycles. The minimum absolute atomic E-state index is 0.320. The fourth-order valence-corrected chi connectivity index (χ4v) is 5.68. The Bertz CT molecular complexity index is 782. The molecule has 2 aromatic rings. The van der Waals surface area contributed by atoms with Crippen LogP contribution in [-0.4, -0.2) is 5.11 Å². The Morgan fingerprint density at radius 3 is 1.19 bits per heavy atom. The molecule has 0 aliphatic heterocycles. The van der Waals surface area contributed by atoms with Crippen molar-refractivity contribution >= 4 is 0 Å². The molecule has 0 saturated carbocycles. The number of aryl methyl sites for hydroxylation is 2. The van der Waals surface area contributed by atoms with Crippen molar-refractivity contribution in [3.63, 3.8) is 0 Å². The van der Waals surface area contributed by atoms with E-state index in [1.807, 2.05) is 0 Å². The molecule has 0 unspecified atom stereocenters. The van der Waals surface area contributed by atoms with Gasteiger partial charge in [-0.2, -0.15) is 0 Å². The topological polar surface area (TPSA) is 20.2 Å². The first-order valence-electron chi connectivity index (χ1n) is 15.2. The van der Waals surface area contributed by atoms with Crippen molar-refractivity contribution in [3.8, 4) is 0 Å². The summed E-state index contributed by atoms with van der Waals surface area (Å²) in [7, 11) is 0. The largest absolute Gasteiger partial charge is 0.380 e. The normalized spacial score (nSPS) is 12.3. The van der Waals surface area contributed by atoms with Gasteiger partial charge in [0.05, 0.1) is 0 Å². The molecule has 0 radical (unpaired) electrons. The lowest BCUT2D eigenvalue weighted by molar-refractivity contribution is -0.0273. The summed E-state index contributed by atoms with van der Waals surface area (Å²) in [5.41, 5.74) is 3.51. The van der Waals surface area contributed by atoms with E-state index in [9.17, 15) is 5.11 Å². The van der Waals surface area contributed by atoms with E-state index in [0.717, 1.165) is 24.0 Å². The minimum atomic E-state index is -1.01. The van der Waals surface area contributed by atoms with Gasteiger partial charge in [0, 0.05) is 0 Å². The molecule has 202 valence electrons. The molecule has 0 bridgehead atoms. The summed E-state index contributed by atoms with van der Waals surface area (Å²) in [5.74, 6) is 0. The monoisotopic (exact) mass is 492 g/mol. The zero-order valence-electron chi connectivity index (χ0n) is 24.4. The van der Waals surface area contributed by atoms with E-state index in [2.05, 4.69) is 83.1 Å². The lowest BCUT2D eigenvalue weighted by atomic mass is 9.65. The first-order valence-corrected chi connectivity index (χ1v) is 15.2. The first-order chi connectivity index (χ1) is 17.4. The lowest BCUT2D eigenvalue weighted by Crippen LogP contribution is -2.42. The van der Waals surface area contributed by atoms with E-state index < -0.39 is 5.60 Å². The summed E-state index contributed by atoms with van der Waals surface area (Å²) in [5, 5.41) is 12.7. The van der Waals surface area contributed by atoms with Crippen LogP contribution in [0.1, 0.15) is 147 Å². The van der Waals surface area contributed by atoms with Crippen molar-refractivity contribution in [2.24, 2.45) is 5.41 Å². The molecule has 0 atom stereocenters. The Balaban J connectivity index is 2.19. The predicted molar refractivity (Wildman–Crippen MR) is 159 cm³/mol. The Morgan fingerprint density at radius 2 is 0.833 bits per heavy atom. The smallest absolute Gasteiger partial charge is 0.120 e. The quantitative estimate of drug-likeness (QED) is 0.205. The van der Waals surface area contributed by atoms with E-state index in [4.69, 9.17) is 0 Å². The predicted octanol–water partition coefficient (Wildman–Crippen LogP) is 10.6. The summed E-state index contributed by atoms with van der Waals surface area (Å²) in [6.45, 7) is 11.1. The summed E-state index contributed by atoms with van der Waals surface area (Å²) < 4.78 is 0. The third-order valence-corrected chi connectivity index (χ3v) is 8.00. The van der Waals surface area contributed by atoms with Crippen molar-refractivity contribution in [2.45, 2.75) is 143 Å². The zero-order chi connectivity index (χ0) is 26.3. The average molecular weight is 493 g/mol. The fourth-order valence-electron chi connectivity index (χ4n) is 5.68. The van der Waals surface area contributed by atoms with Crippen molar-refractivity contribution in [1.29, 1.82) is 0 Å². The molecule has 0 amide bonds. The van der Waals surface area contributed by atoms with Gasteiger partial charge in [0.25, 0.3) is 0 Å². The van der Waals surface area contributed by atoms with Crippen LogP contribution in [0.3, 0.4) is 0 Å². The number of unbranched alkanes of at least 4 members (excludes halogenated alkanes) is 12. The van der Waals surface area contributed by atoms with E-state index >= 15 is 0 Å². The molecular weight excluding hydrogens is 436 g/mol. The van der Waals surface area contributed by atoms with Gasteiger partial charge in [-0.05, 0) is 53.4 Å². The van der Waals surface area contributed by atoms with Crippen molar-refractivity contribution in [2.75, 3.05) is 0 Å². The SMILES string of the molecule is CCCCCCCCCc1ccccc1C(O)(c1ccccc1CCCCCCCCC)C(C)(C)C. The average Bonchev–Trinajstić information content (AvgIpc) is 2.87.